The van der Waals surface area contributed by atoms with Gasteiger partial charge in [0.05, 0.1) is 5.92 Å². The summed E-state index contributed by atoms with van der Waals surface area (Å²) < 4.78 is 0. The Bertz CT molecular complexity index is 243. The van der Waals surface area contributed by atoms with Crippen molar-refractivity contribution in [1.82, 2.24) is 10.2 Å². The number of nitrogens with one attached hydrogen (secondary N) is 1. The maximum absolute atomic E-state index is 12.5. The Morgan fingerprint density at radius 1 is 1.28 bits per heavy atom. The van der Waals surface area contributed by atoms with Crippen molar-refractivity contribution in [3.05, 3.63) is 0 Å². The first-order valence-corrected chi connectivity index (χ1v) is 7.64. The van der Waals surface area contributed by atoms with Crippen LogP contribution in [0.4, 0.5) is 0 Å². The summed E-state index contributed by atoms with van der Waals surface area (Å²) >= 11 is 0. The van der Waals surface area contributed by atoms with E-state index < -0.39 is 0 Å². The smallest absolute Gasteiger partial charge is 0.226 e. The zero-order chi connectivity index (χ0) is 13.5. The van der Waals surface area contributed by atoms with E-state index in [-0.39, 0.29) is 5.92 Å². The minimum Gasteiger partial charge on any atom is -0.342 e. The molecule has 1 aliphatic heterocycles. The van der Waals surface area contributed by atoms with Crippen LogP contribution in [0.5, 0.6) is 0 Å². The van der Waals surface area contributed by atoms with Gasteiger partial charge in [0.15, 0.2) is 0 Å². The van der Waals surface area contributed by atoms with Crippen LogP contribution in [0.1, 0.15) is 53.4 Å². The number of rotatable bonds is 6. The lowest BCUT2D eigenvalue weighted by molar-refractivity contribution is -0.136. The van der Waals surface area contributed by atoms with Gasteiger partial charge in [0, 0.05) is 25.7 Å². The first-order chi connectivity index (χ1) is 8.62. The number of hydrogen-bond donors (Lipinski definition) is 1. The lowest BCUT2D eigenvalue weighted by atomic mass is 9.93. The predicted octanol–water partition coefficient (Wildman–Crippen LogP) is 2.66. The van der Waals surface area contributed by atoms with Crippen LogP contribution in [0.3, 0.4) is 0 Å². The predicted molar refractivity (Wildman–Crippen MR) is 76.5 cm³/mol. The monoisotopic (exact) mass is 254 g/mol. The molecule has 1 rings (SSSR count). The molecule has 1 amide bonds. The third-order valence-electron chi connectivity index (χ3n) is 4.34. The Morgan fingerprint density at radius 2 is 1.94 bits per heavy atom. The lowest BCUT2D eigenvalue weighted by Gasteiger charge is -2.33. The molecule has 0 aromatic heterocycles. The van der Waals surface area contributed by atoms with Crippen molar-refractivity contribution in [1.29, 1.82) is 0 Å². The van der Waals surface area contributed by atoms with Gasteiger partial charge in [-0.05, 0) is 32.6 Å². The number of hydrogen-bond acceptors (Lipinski definition) is 2. The summed E-state index contributed by atoms with van der Waals surface area (Å²) in [6, 6.07) is 0.572. The van der Waals surface area contributed by atoms with Gasteiger partial charge in [-0.15, -0.1) is 0 Å². The van der Waals surface area contributed by atoms with Crippen LogP contribution in [0.15, 0.2) is 0 Å². The Balaban J connectivity index is 2.50. The molecule has 1 N–H and O–H groups in total. The molecule has 2 atom stereocenters. The number of carbonyl (C=O) groups excluding carboxylic acids is 1. The van der Waals surface area contributed by atoms with Crippen LogP contribution >= 0.6 is 0 Å². The van der Waals surface area contributed by atoms with Crippen LogP contribution in [0.2, 0.25) is 0 Å². The fourth-order valence-electron chi connectivity index (χ4n) is 2.70. The first kappa shape index (κ1) is 15.5. The molecule has 3 heteroatoms. The molecular weight excluding hydrogens is 224 g/mol. The van der Waals surface area contributed by atoms with Crippen molar-refractivity contribution < 1.29 is 4.79 Å². The third-order valence-corrected chi connectivity index (χ3v) is 4.34. The molecule has 0 aromatic rings. The fourth-order valence-corrected chi connectivity index (χ4v) is 2.70. The van der Waals surface area contributed by atoms with Gasteiger partial charge in [0.2, 0.25) is 5.91 Å². The maximum Gasteiger partial charge on any atom is 0.226 e. The average molecular weight is 254 g/mol. The molecule has 0 spiro atoms. The molecule has 0 aliphatic carbocycles. The molecule has 106 valence electrons. The van der Waals surface area contributed by atoms with E-state index in [2.05, 4.69) is 37.9 Å². The van der Waals surface area contributed by atoms with E-state index in [9.17, 15) is 4.79 Å². The molecule has 0 aromatic carbocycles. The number of nitrogens with zero attached hydrogens (tertiary/aromatic N) is 1. The van der Waals surface area contributed by atoms with Gasteiger partial charge in [-0.2, -0.15) is 0 Å². The van der Waals surface area contributed by atoms with E-state index in [0.717, 1.165) is 32.5 Å². The SMILES string of the molecule is CCC(CC)CN(CC)C(=O)C1CCC(C)NC1. The Kier molecular flexibility index (Phi) is 6.69. The highest BCUT2D eigenvalue weighted by Gasteiger charge is 2.27. The molecule has 1 fully saturated rings. The van der Waals surface area contributed by atoms with Crippen LogP contribution in [-0.2, 0) is 4.79 Å². The molecule has 2 unspecified atom stereocenters. The third kappa shape index (κ3) is 4.27. The zero-order valence-electron chi connectivity index (χ0n) is 12.5. The molecular formula is C15H30N2O. The Morgan fingerprint density at radius 3 is 2.39 bits per heavy atom. The largest absolute Gasteiger partial charge is 0.342 e. The molecule has 18 heavy (non-hydrogen) atoms. The van der Waals surface area contributed by atoms with E-state index in [4.69, 9.17) is 0 Å². The van der Waals surface area contributed by atoms with E-state index in [0.29, 0.717) is 17.9 Å². The van der Waals surface area contributed by atoms with E-state index in [1.807, 2.05) is 0 Å². The van der Waals surface area contributed by atoms with E-state index in [1.54, 1.807) is 0 Å². The summed E-state index contributed by atoms with van der Waals surface area (Å²) in [6.07, 6.45) is 4.51. The van der Waals surface area contributed by atoms with Crippen molar-refractivity contribution in [2.45, 2.75) is 59.4 Å². The topological polar surface area (TPSA) is 32.3 Å². The van der Waals surface area contributed by atoms with Crippen molar-refractivity contribution in [2.24, 2.45) is 11.8 Å². The van der Waals surface area contributed by atoms with Crippen molar-refractivity contribution >= 4 is 5.91 Å². The maximum atomic E-state index is 12.5. The van der Waals surface area contributed by atoms with Crippen molar-refractivity contribution in [3.8, 4) is 0 Å². The summed E-state index contributed by atoms with van der Waals surface area (Å²) in [5.74, 6) is 1.23. The van der Waals surface area contributed by atoms with Crippen LogP contribution in [-0.4, -0.2) is 36.5 Å². The minimum absolute atomic E-state index is 0.204. The van der Waals surface area contributed by atoms with Gasteiger partial charge in [-0.25, -0.2) is 0 Å². The number of carbonyl (C=O) groups is 1. The molecule has 1 saturated heterocycles. The van der Waals surface area contributed by atoms with Crippen LogP contribution < -0.4 is 5.32 Å². The van der Waals surface area contributed by atoms with Crippen LogP contribution in [0.25, 0.3) is 0 Å². The standard InChI is InChI=1S/C15H30N2O/c1-5-13(6-2)11-17(7-3)15(18)14-9-8-12(4)16-10-14/h12-14,16H,5-11H2,1-4H3. The second kappa shape index (κ2) is 7.78. The molecule has 1 aliphatic rings. The fraction of sp³-hybridized carbons (Fsp3) is 0.933. The van der Waals surface area contributed by atoms with Gasteiger partial charge in [-0.1, -0.05) is 26.7 Å². The van der Waals surface area contributed by atoms with Crippen molar-refractivity contribution in [3.63, 3.8) is 0 Å². The lowest BCUT2D eigenvalue weighted by Crippen LogP contribution is -2.46. The summed E-state index contributed by atoms with van der Waals surface area (Å²) in [5.41, 5.74) is 0. The Hall–Kier alpha value is -0.570. The number of piperidine rings is 1. The van der Waals surface area contributed by atoms with E-state index >= 15 is 0 Å². The highest BCUT2D eigenvalue weighted by Crippen LogP contribution is 2.18. The average Bonchev–Trinajstić information content (AvgIpc) is 2.40. The van der Waals surface area contributed by atoms with Gasteiger partial charge in [-0.3, -0.25) is 4.79 Å². The molecule has 1 heterocycles. The normalized spacial score (nSPS) is 24.3. The van der Waals surface area contributed by atoms with Gasteiger partial charge in [0.1, 0.15) is 0 Å². The van der Waals surface area contributed by atoms with Crippen LogP contribution in [0, 0.1) is 11.8 Å². The molecule has 0 saturated carbocycles. The minimum atomic E-state index is 0.204. The highest BCUT2D eigenvalue weighted by molar-refractivity contribution is 5.79. The molecule has 0 bridgehead atoms. The summed E-state index contributed by atoms with van der Waals surface area (Å²) in [7, 11) is 0. The van der Waals surface area contributed by atoms with Crippen molar-refractivity contribution in [2.75, 3.05) is 19.6 Å². The first-order valence-electron chi connectivity index (χ1n) is 7.64. The summed E-state index contributed by atoms with van der Waals surface area (Å²) in [4.78, 5) is 14.6. The summed E-state index contributed by atoms with van der Waals surface area (Å²) in [5, 5.41) is 3.43. The van der Waals surface area contributed by atoms with E-state index in [1.165, 1.54) is 12.8 Å². The second-order valence-corrected chi connectivity index (χ2v) is 5.64. The molecule has 0 radical (unpaired) electrons. The Labute approximate surface area is 112 Å². The highest BCUT2D eigenvalue weighted by atomic mass is 16.2. The van der Waals surface area contributed by atoms with Gasteiger partial charge in [0.25, 0.3) is 0 Å². The second-order valence-electron chi connectivity index (χ2n) is 5.64. The summed E-state index contributed by atoms with van der Waals surface area (Å²) in [6.45, 7) is 11.4. The zero-order valence-corrected chi connectivity index (χ0v) is 12.5. The van der Waals surface area contributed by atoms with Gasteiger partial charge >= 0.3 is 0 Å². The van der Waals surface area contributed by atoms with Gasteiger partial charge < -0.3 is 10.2 Å². The molecule has 3 nitrogen and oxygen atoms in total. The number of amides is 1. The quantitative estimate of drug-likeness (QED) is 0.790.